The quantitative estimate of drug-likeness (QED) is 0.331. The van der Waals surface area contributed by atoms with Gasteiger partial charge < -0.3 is 10.3 Å². The number of anilines is 1. The molecule has 2 aromatic heterocycles. The van der Waals surface area contributed by atoms with E-state index >= 15 is 0 Å². The Bertz CT molecular complexity index is 1440. The van der Waals surface area contributed by atoms with E-state index in [1.54, 1.807) is 0 Å². The van der Waals surface area contributed by atoms with E-state index in [2.05, 4.69) is 15.3 Å². The zero-order valence-electron chi connectivity index (χ0n) is 18.7. The third-order valence-electron chi connectivity index (χ3n) is 5.46. The molecule has 0 saturated carbocycles. The summed E-state index contributed by atoms with van der Waals surface area (Å²) in [6, 6.07) is 13.8. The highest BCUT2D eigenvalue weighted by atomic mass is 32.2. The van der Waals surface area contributed by atoms with Gasteiger partial charge >= 0.3 is 0 Å². The van der Waals surface area contributed by atoms with Gasteiger partial charge in [-0.15, -0.1) is 11.3 Å². The number of carbonyl (C=O) groups is 2. The number of aromatic amines is 1. The van der Waals surface area contributed by atoms with Crippen LogP contribution in [0.3, 0.4) is 0 Å². The number of benzene rings is 2. The van der Waals surface area contributed by atoms with Gasteiger partial charge in [0.15, 0.2) is 10.9 Å². The second-order valence-corrected chi connectivity index (χ2v) is 10.7. The van der Waals surface area contributed by atoms with Crippen molar-refractivity contribution in [1.29, 1.82) is 0 Å². The molecule has 176 valence electrons. The van der Waals surface area contributed by atoms with E-state index in [9.17, 15) is 18.0 Å². The summed E-state index contributed by atoms with van der Waals surface area (Å²) >= 11 is 1.34. The summed E-state index contributed by atoms with van der Waals surface area (Å²) in [6.07, 6.45) is 2.41. The van der Waals surface area contributed by atoms with Gasteiger partial charge in [-0.1, -0.05) is 30.3 Å². The number of thiazole rings is 1. The summed E-state index contributed by atoms with van der Waals surface area (Å²) in [5.41, 5.74) is 3.22. The molecule has 0 radical (unpaired) electrons. The molecule has 0 spiro atoms. The second kappa shape index (κ2) is 9.88. The fraction of sp³-hybridized carbons (Fsp3) is 0.208. The first-order chi connectivity index (χ1) is 16.3. The van der Waals surface area contributed by atoms with Crippen molar-refractivity contribution >= 4 is 49.1 Å². The van der Waals surface area contributed by atoms with E-state index in [0.717, 1.165) is 22.2 Å². The Balaban J connectivity index is 1.31. The summed E-state index contributed by atoms with van der Waals surface area (Å²) in [6.45, 7) is 1.61. The number of para-hydroxylation sites is 1. The van der Waals surface area contributed by atoms with Crippen LogP contribution < -0.4 is 5.32 Å². The van der Waals surface area contributed by atoms with Crippen molar-refractivity contribution in [2.75, 3.05) is 18.9 Å². The number of hydrogen-bond donors (Lipinski definition) is 2. The van der Waals surface area contributed by atoms with Crippen molar-refractivity contribution in [2.24, 2.45) is 0 Å². The molecule has 0 atom stereocenters. The number of aromatic nitrogens is 2. The molecule has 4 aromatic rings. The third kappa shape index (κ3) is 5.09. The van der Waals surface area contributed by atoms with Gasteiger partial charge in [-0.2, -0.15) is 0 Å². The molecular weight excluding hydrogens is 472 g/mol. The van der Waals surface area contributed by atoms with Crippen LogP contribution in [0.15, 0.2) is 65.0 Å². The lowest BCUT2D eigenvalue weighted by atomic mass is 10.1. The first kappa shape index (κ1) is 23.8. The van der Waals surface area contributed by atoms with Gasteiger partial charge in [0.25, 0.3) is 0 Å². The monoisotopic (exact) mass is 496 g/mol. The molecule has 0 unspecified atom stereocenters. The number of amides is 1. The van der Waals surface area contributed by atoms with Crippen LogP contribution in [0, 0.1) is 0 Å². The molecule has 0 aliphatic rings. The van der Waals surface area contributed by atoms with Crippen LogP contribution in [-0.4, -0.2) is 48.0 Å². The standard InChI is InChI=1S/C24H24N4O4S2/c1-16(29)17-9-11-18(12-10-17)34(31,32)28(2)13-5-8-23(30)27-24-26-22(15-33-24)20-14-25-21-7-4-3-6-19(20)21/h3-4,6-7,9-12,14-15,25H,5,8,13H2,1-2H3,(H,26,27,30). The lowest BCUT2D eigenvalue weighted by molar-refractivity contribution is -0.116. The van der Waals surface area contributed by atoms with E-state index < -0.39 is 10.0 Å². The predicted octanol–water partition coefficient (Wildman–Crippen LogP) is 4.53. The van der Waals surface area contributed by atoms with E-state index in [4.69, 9.17) is 0 Å². The molecule has 10 heteroatoms. The van der Waals surface area contributed by atoms with Crippen LogP contribution in [0.4, 0.5) is 5.13 Å². The fourth-order valence-electron chi connectivity index (χ4n) is 3.54. The van der Waals surface area contributed by atoms with Gasteiger partial charge in [-0.3, -0.25) is 9.59 Å². The number of ketones is 1. The smallest absolute Gasteiger partial charge is 0.242 e. The maximum absolute atomic E-state index is 12.7. The molecule has 2 N–H and O–H groups in total. The lowest BCUT2D eigenvalue weighted by Crippen LogP contribution is -2.28. The van der Waals surface area contributed by atoms with Crippen LogP contribution in [-0.2, 0) is 14.8 Å². The Labute approximate surface area is 201 Å². The molecular formula is C24H24N4O4S2. The third-order valence-corrected chi connectivity index (χ3v) is 8.09. The summed E-state index contributed by atoms with van der Waals surface area (Å²) < 4.78 is 26.6. The summed E-state index contributed by atoms with van der Waals surface area (Å²) in [4.78, 5) is 31.6. The van der Waals surface area contributed by atoms with Crippen molar-refractivity contribution in [1.82, 2.24) is 14.3 Å². The SMILES string of the molecule is CC(=O)c1ccc(S(=O)(=O)N(C)CCCC(=O)Nc2nc(-c3c[nH]c4ccccc34)cs2)cc1. The average molecular weight is 497 g/mol. The second-order valence-electron chi connectivity index (χ2n) is 7.84. The molecule has 0 saturated heterocycles. The molecule has 34 heavy (non-hydrogen) atoms. The van der Waals surface area contributed by atoms with Gasteiger partial charge in [-0.05, 0) is 31.5 Å². The Morgan fingerprint density at radius 1 is 1.12 bits per heavy atom. The van der Waals surface area contributed by atoms with E-state index in [0.29, 0.717) is 17.1 Å². The number of sulfonamides is 1. The predicted molar refractivity (Wildman–Crippen MR) is 134 cm³/mol. The van der Waals surface area contributed by atoms with E-state index in [-0.39, 0.29) is 29.6 Å². The molecule has 1 amide bonds. The molecule has 8 nitrogen and oxygen atoms in total. The average Bonchev–Trinajstić information content (AvgIpc) is 3.45. The number of fused-ring (bicyclic) bond motifs is 1. The maximum atomic E-state index is 12.7. The van der Waals surface area contributed by atoms with Crippen molar-refractivity contribution in [3.05, 3.63) is 65.7 Å². The van der Waals surface area contributed by atoms with Gasteiger partial charge in [0.2, 0.25) is 15.9 Å². The van der Waals surface area contributed by atoms with Gasteiger partial charge in [0, 0.05) is 53.6 Å². The van der Waals surface area contributed by atoms with Crippen molar-refractivity contribution in [3.63, 3.8) is 0 Å². The zero-order chi connectivity index (χ0) is 24.3. The van der Waals surface area contributed by atoms with Gasteiger partial charge in [0.1, 0.15) is 0 Å². The normalized spacial score (nSPS) is 11.7. The Morgan fingerprint density at radius 3 is 2.59 bits per heavy atom. The minimum Gasteiger partial charge on any atom is -0.360 e. The minimum absolute atomic E-state index is 0.108. The fourth-order valence-corrected chi connectivity index (χ4v) is 5.48. The molecule has 2 aromatic carbocycles. The van der Waals surface area contributed by atoms with Crippen molar-refractivity contribution in [2.45, 2.75) is 24.7 Å². The Hall–Kier alpha value is -3.34. The number of nitrogens with zero attached hydrogens (tertiary/aromatic N) is 2. The topological polar surface area (TPSA) is 112 Å². The number of rotatable bonds is 9. The van der Waals surface area contributed by atoms with Crippen LogP contribution in [0.25, 0.3) is 22.2 Å². The number of carbonyl (C=O) groups excluding carboxylic acids is 2. The highest BCUT2D eigenvalue weighted by Crippen LogP contribution is 2.31. The van der Waals surface area contributed by atoms with Crippen molar-refractivity contribution < 1.29 is 18.0 Å². The van der Waals surface area contributed by atoms with Gasteiger partial charge in [0.05, 0.1) is 10.6 Å². The Morgan fingerprint density at radius 2 is 1.85 bits per heavy atom. The van der Waals surface area contributed by atoms with Crippen molar-refractivity contribution in [3.8, 4) is 11.3 Å². The zero-order valence-corrected chi connectivity index (χ0v) is 20.4. The molecule has 0 aliphatic carbocycles. The molecule has 0 aliphatic heterocycles. The number of nitrogens with one attached hydrogen (secondary N) is 2. The van der Waals surface area contributed by atoms with E-state index in [1.165, 1.54) is 53.9 Å². The first-order valence-corrected chi connectivity index (χ1v) is 13.0. The summed E-state index contributed by atoms with van der Waals surface area (Å²) in [5.74, 6) is -0.353. The highest BCUT2D eigenvalue weighted by molar-refractivity contribution is 7.89. The van der Waals surface area contributed by atoms with Crippen LogP contribution >= 0.6 is 11.3 Å². The van der Waals surface area contributed by atoms with Crippen LogP contribution in [0.1, 0.15) is 30.1 Å². The molecule has 2 heterocycles. The minimum atomic E-state index is -3.70. The Kier molecular flexibility index (Phi) is 6.92. The number of hydrogen-bond acceptors (Lipinski definition) is 6. The summed E-state index contributed by atoms with van der Waals surface area (Å²) in [5, 5.41) is 6.24. The van der Waals surface area contributed by atoms with Gasteiger partial charge in [-0.25, -0.2) is 17.7 Å². The van der Waals surface area contributed by atoms with E-state index in [1.807, 2.05) is 35.8 Å². The first-order valence-electron chi connectivity index (χ1n) is 10.6. The molecule has 0 bridgehead atoms. The lowest BCUT2D eigenvalue weighted by Gasteiger charge is -2.17. The molecule has 4 rings (SSSR count). The largest absolute Gasteiger partial charge is 0.360 e. The van der Waals surface area contributed by atoms with Crippen LogP contribution in [0.5, 0.6) is 0 Å². The number of H-pyrrole nitrogens is 1. The maximum Gasteiger partial charge on any atom is 0.242 e. The number of Topliss-reactive ketones (excluding diaryl/α,β-unsaturated/α-hetero) is 1. The molecule has 0 fully saturated rings. The summed E-state index contributed by atoms with van der Waals surface area (Å²) in [7, 11) is -2.23. The highest BCUT2D eigenvalue weighted by Gasteiger charge is 2.21. The van der Waals surface area contributed by atoms with Crippen LogP contribution in [0.2, 0.25) is 0 Å².